The van der Waals surface area contributed by atoms with Crippen molar-refractivity contribution in [2.75, 3.05) is 19.6 Å². The number of piperidine rings is 1. The molecule has 1 aromatic rings. The molecule has 7 nitrogen and oxygen atoms in total. The molecule has 31 heavy (non-hydrogen) atoms. The molecule has 2 aliphatic heterocycles. The van der Waals surface area contributed by atoms with Crippen molar-refractivity contribution in [1.82, 2.24) is 15.1 Å². The largest absolute Gasteiger partial charge is 0.349 e. The zero-order chi connectivity index (χ0) is 22.7. The summed E-state index contributed by atoms with van der Waals surface area (Å²) >= 11 is 0. The minimum Gasteiger partial charge on any atom is -0.349 e. The Hall–Kier alpha value is -2.70. The molecule has 0 saturated carbocycles. The van der Waals surface area contributed by atoms with Crippen molar-refractivity contribution in [3.63, 3.8) is 0 Å². The van der Waals surface area contributed by atoms with Gasteiger partial charge in [0.05, 0.1) is 11.1 Å². The molecule has 1 aromatic carbocycles. The predicted octanol–water partition coefficient (Wildman–Crippen LogP) is 3.10. The number of fused-ring (bicyclic) bond motifs is 1. The number of carbonyl (C=O) groups excluding carboxylic acids is 4. The molecule has 4 amide bonds. The predicted molar refractivity (Wildman–Crippen MR) is 118 cm³/mol. The lowest BCUT2D eigenvalue weighted by Crippen LogP contribution is -2.48. The fourth-order valence-electron chi connectivity index (χ4n) is 4.37. The molecule has 3 rings (SSSR count). The number of hydrogen-bond donors (Lipinski definition) is 1. The smallest absolute Gasteiger partial charge is 0.261 e. The van der Waals surface area contributed by atoms with Crippen molar-refractivity contribution in [1.29, 1.82) is 0 Å². The molecule has 0 radical (unpaired) electrons. The van der Waals surface area contributed by atoms with Gasteiger partial charge in [-0.1, -0.05) is 27.7 Å². The van der Waals surface area contributed by atoms with Crippen LogP contribution in [0.25, 0.3) is 0 Å². The van der Waals surface area contributed by atoms with Crippen molar-refractivity contribution < 1.29 is 19.2 Å². The fraction of sp³-hybridized carbons (Fsp3) is 0.583. The van der Waals surface area contributed by atoms with Gasteiger partial charge in [-0.2, -0.15) is 0 Å². The van der Waals surface area contributed by atoms with Gasteiger partial charge in [-0.25, -0.2) is 0 Å². The first kappa shape index (κ1) is 23.0. The van der Waals surface area contributed by atoms with Crippen LogP contribution in [0.1, 0.15) is 84.5 Å². The van der Waals surface area contributed by atoms with Crippen LogP contribution in [-0.4, -0.2) is 59.1 Å². The maximum absolute atomic E-state index is 12.8. The SMILES string of the molecule is CCC(CC)C(=O)N1CCC(NC(=O)c2ccc3c(c2)C(=O)N(CC(C)C)C3=O)CC1. The molecular formula is C24H33N3O4. The van der Waals surface area contributed by atoms with Gasteiger partial charge in [0, 0.05) is 37.2 Å². The average molecular weight is 428 g/mol. The van der Waals surface area contributed by atoms with Gasteiger partial charge in [0.25, 0.3) is 17.7 Å². The number of nitrogens with zero attached hydrogens (tertiary/aromatic N) is 2. The Labute approximate surface area is 184 Å². The van der Waals surface area contributed by atoms with E-state index >= 15 is 0 Å². The molecular weight excluding hydrogens is 394 g/mol. The maximum Gasteiger partial charge on any atom is 0.261 e. The zero-order valence-electron chi connectivity index (χ0n) is 18.9. The summed E-state index contributed by atoms with van der Waals surface area (Å²) in [5.74, 6) is -0.426. The van der Waals surface area contributed by atoms with Crippen LogP contribution in [0, 0.1) is 11.8 Å². The lowest BCUT2D eigenvalue weighted by Gasteiger charge is -2.34. The van der Waals surface area contributed by atoms with Crippen LogP contribution >= 0.6 is 0 Å². The van der Waals surface area contributed by atoms with Crippen molar-refractivity contribution in [3.05, 3.63) is 34.9 Å². The third-order valence-electron chi connectivity index (χ3n) is 6.26. The van der Waals surface area contributed by atoms with Crippen LogP contribution in [0.4, 0.5) is 0 Å². The van der Waals surface area contributed by atoms with Gasteiger partial charge >= 0.3 is 0 Å². The van der Waals surface area contributed by atoms with Crippen molar-refractivity contribution >= 4 is 23.6 Å². The normalized spacial score (nSPS) is 17.0. The molecule has 0 spiro atoms. The van der Waals surface area contributed by atoms with Crippen LogP contribution in [0.15, 0.2) is 18.2 Å². The lowest BCUT2D eigenvalue weighted by atomic mass is 9.98. The van der Waals surface area contributed by atoms with Crippen LogP contribution in [0.2, 0.25) is 0 Å². The standard InChI is InChI=1S/C24H33N3O4/c1-5-16(6-2)22(29)26-11-9-18(10-12-26)25-21(28)17-7-8-19-20(13-17)24(31)27(23(19)30)14-15(3)4/h7-8,13,15-16,18H,5-6,9-12,14H2,1-4H3,(H,25,28). The molecule has 7 heteroatoms. The molecule has 1 saturated heterocycles. The third kappa shape index (κ3) is 4.81. The number of rotatable bonds is 7. The molecule has 0 aromatic heterocycles. The first-order valence-corrected chi connectivity index (χ1v) is 11.4. The summed E-state index contributed by atoms with van der Waals surface area (Å²) in [5.41, 5.74) is 1.03. The van der Waals surface area contributed by atoms with E-state index in [9.17, 15) is 19.2 Å². The Morgan fingerprint density at radius 1 is 1.03 bits per heavy atom. The second-order valence-electron chi connectivity index (χ2n) is 8.96. The lowest BCUT2D eigenvalue weighted by molar-refractivity contribution is -0.136. The summed E-state index contributed by atoms with van der Waals surface area (Å²) in [4.78, 5) is 53.6. The van der Waals surface area contributed by atoms with Crippen LogP contribution in [0.3, 0.4) is 0 Å². The molecule has 2 aliphatic rings. The Balaban J connectivity index is 1.61. The Morgan fingerprint density at radius 3 is 2.23 bits per heavy atom. The first-order chi connectivity index (χ1) is 14.8. The number of nitrogens with one attached hydrogen (secondary N) is 1. The van der Waals surface area contributed by atoms with Gasteiger partial charge in [-0.3, -0.25) is 24.1 Å². The zero-order valence-corrected chi connectivity index (χ0v) is 18.9. The number of carbonyl (C=O) groups is 4. The van der Waals surface area contributed by atoms with Gasteiger partial charge in [0.15, 0.2) is 0 Å². The topological polar surface area (TPSA) is 86.8 Å². The molecule has 0 aliphatic carbocycles. The van der Waals surface area contributed by atoms with Crippen molar-refractivity contribution in [3.8, 4) is 0 Å². The van der Waals surface area contributed by atoms with E-state index < -0.39 is 0 Å². The highest BCUT2D eigenvalue weighted by atomic mass is 16.2. The van der Waals surface area contributed by atoms with Gasteiger partial charge in [-0.05, 0) is 49.8 Å². The average Bonchev–Trinajstić information content (AvgIpc) is 2.99. The summed E-state index contributed by atoms with van der Waals surface area (Å²) in [6.45, 7) is 9.62. The minimum atomic E-state index is -0.337. The van der Waals surface area contributed by atoms with E-state index in [1.807, 2.05) is 32.6 Å². The summed E-state index contributed by atoms with van der Waals surface area (Å²) < 4.78 is 0. The minimum absolute atomic E-state index is 0.0127. The van der Waals surface area contributed by atoms with E-state index in [1.165, 1.54) is 11.0 Å². The molecule has 0 atom stereocenters. The molecule has 0 bridgehead atoms. The summed E-state index contributed by atoms with van der Waals surface area (Å²) in [6.07, 6.45) is 3.12. The number of likely N-dealkylation sites (tertiary alicyclic amines) is 1. The molecule has 0 unspecified atom stereocenters. The Morgan fingerprint density at radius 2 is 1.65 bits per heavy atom. The highest BCUT2D eigenvalue weighted by Gasteiger charge is 2.36. The maximum atomic E-state index is 12.8. The number of imide groups is 1. The van der Waals surface area contributed by atoms with Gasteiger partial charge in [0.2, 0.25) is 5.91 Å². The number of hydrogen-bond acceptors (Lipinski definition) is 4. The highest BCUT2D eigenvalue weighted by Crippen LogP contribution is 2.25. The Bertz CT molecular complexity index is 868. The highest BCUT2D eigenvalue weighted by molar-refractivity contribution is 6.22. The van der Waals surface area contributed by atoms with Crippen LogP contribution in [0.5, 0.6) is 0 Å². The molecule has 2 heterocycles. The quantitative estimate of drug-likeness (QED) is 0.678. The molecule has 1 fully saturated rings. The van der Waals surface area contributed by atoms with Gasteiger partial charge < -0.3 is 10.2 Å². The van der Waals surface area contributed by atoms with E-state index in [-0.39, 0.29) is 41.5 Å². The summed E-state index contributed by atoms with van der Waals surface area (Å²) in [5, 5.41) is 3.03. The van der Waals surface area contributed by atoms with E-state index in [1.54, 1.807) is 12.1 Å². The molecule has 1 N–H and O–H groups in total. The van der Waals surface area contributed by atoms with Crippen LogP contribution in [-0.2, 0) is 4.79 Å². The first-order valence-electron chi connectivity index (χ1n) is 11.4. The summed E-state index contributed by atoms with van der Waals surface area (Å²) in [6, 6.07) is 4.68. The number of amides is 4. The van der Waals surface area contributed by atoms with Gasteiger partial charge in [-0.15, -0.1) is 0 Å². The monoisotopic (exact) mass is 427 g/mol. The van der Waals surface area contributed by atoms with E-state index in [4.69, 9.17) is 0 Å². The van der Waals surface area contributed by atoms with E-state index in [0.717, 1.165) is 12.8 Å². The second-order valence-corrected chi connectivity index (χ2v) is 8.96. The third-order valence-corrected chi connectivity index (χ3v) is 6.26. The summed E-state index contributed by atoms with van der Waals surface area (Å²) in [7, 11) is 0. The van der Waals surface area contributed by atoms with E-state index in [0.29, 0.717) is 49.2 Å². The second kappa shape index (κ2) is 9.62. The van der Waals surface area contributed by atoms with Crippen molar-refractivity contribution in [2.45, 2.75) is 59.4 Å². The fourth-order valence-corrected chi connectivity index (χ4v) is 4.37. The van der Waals surface area contributed by atoms with Crippen molar-refractivity contribution in [2.24, 2.45) is 11.8 Å². The van der Waals surface area contributed by atoms with Crippen LogP contribution < -0.4 is 5.32 Å². The van der Waals surface area contributed by atoms with Gasteiger partial charge in [0.1, 0.15) is 0 Å². The Kier molecular flexibility index (Phi) is 7.13. The number of benzene rings is 1. The van der Waals surface area contributed by atoms with E-state index in [2.05, 4.69) is 5.32 Å². The molecule has 168 valence electrons.